The van der Waals surface area contributed by atoms with Crippen molar-refractivity contribution >= 4 is 12.0 Å². The average Bonchev–Trinajstić information content (AvgIpc) is 2.58. The highest BCUT2D eigenvalue weighted by Crippen LogP contribution is 2.26. The molecule has 0 heterocycles. The second-order valence-electron chi connectivity index (χ2n) is 6.66. The van der Waals surface area contributed by atoms with E-state index < -0.39 is 29.8 Å². The molecule has 0 aliphatic heterocycles. The Bertz CT molecular complexity index is 629. The molecule has 9 nitrogen and oxygen atoms in total. The van der Waals surface area contributed by atoms with Gasteiger partial charge in [-0.3, -0.25) is 10.2 Å². The topological polar surface area (TPSA) is 143 Å². The van der Waals surface area contributed by atoms with Gasteiger partial charge in [-0.1, -0.05) is 6.07 Å². The second kappa shape index (κ2) is 9.37. The Morgan fingerprint density at radius 2 is 1.92 bits per heavy atom. The van der Waals surface area contributed by atoms with E-state index in [-0.39, 0.29) is 24.1 Å². The van der Waals surface area contributed by atoms with Crippen LogP contribution in [-0.4, -0.2) is 47.6 Å². The number of nitrogen functional groups attached to an aromatic ring is 1. The first kappa shape index (κ1) is 21.7. The number of hydrogen-bond acceptors (Lipinski definition) is 7. The zero-order chi connectivity index (χ0) is 19.9. The summed E-state index contributed by atoms with van der Waals surface area (Å²) >= 11 is 0. The minimum Gasteiger partial charge on any atom is -0.497 e. The first-order valence-corrected chi connectivity index (χ1v) is 8.11. The molecule has 0 fully saturated rings. The lowest BCUT2D eigenvalue weighted by atomic mass is 9.96. The van der Waals surface area contributed by atoms with E-state index in [1.165, 1.54) is 19.2 Å². The number of rotatable bonds is 7. The summed E-state index contributed by atoms with van der Waals surface area (Å²) in [6, 6.07) is 4.43. The number of hydrogen-bond donors (Lipinski definition) is 5. The summed E-state index contributed by atoms with van der Waals surface area (Å²) in [5.74, 6) is 4.93. The highest BCUT2D eigenvalue weighted by Gasteiger charge is 2.24. The van der Waals surface area contributed by atoms with Gasteiger partial charge in [0.1, 0.15) is 17.5 Å². The van der Waals surface area contributed by atoms with Crippen molar-refractivity contribution in [1.29, 1.82) is 0 Å². The third-order valence-electron chi connectivity index (χ3n) is 3.43. The van der Waals surface area contributed by atoms with E-state index in [4.69, 9.17) is 15.3 Å². The molecule has 0 spiro atoms. The van der Waals surface area contributed by atoms with Crippen molar-refractivity contribution in [2.45, 2.75) is 45.0 Å². The van der Waals surface area contributed by atoms with E-state index in [9.17, 15) is 19.8 Å². The highest BCUT2D eigenvalue weighted by atomic mass is 16.6. The second-order valence-corrected chi connectivity index (χ2v) is 6.66. The van der Waals surface area contributed by atoms with Gasteiger partial charge in [-0.15, -0.1) is 0 Å². The number of carbonyl (C=O) groups excluding carboxylic acids is 2. The van der Waals surface area contributed by atoms with E-state index in [2.05, 4.69) is 5.32 Å². The standard InChI is InChI=1S/C17H27N3O6/c1-17(2,3)26-16(24)19-8-7-13(21)14(22)11-6-5-10(25-4)9-12(11)15(23)20-18/h5-6,9,13-14,21-22H,7-8,18H2,1-4H3,(H,19,24)(H,20,23). The highest BCUT2D eigenvalue weighted by molar-refractivity contribution is 5.95. The van der Waals surface area contributed by atoms with Crippen molar-refractivity contribution in [2.75, 3.05) is 13.7 Å². The minimum atomic E-state index is -1.35. The van der Waals surface area contributed by atoms with Gasteiger partial charge in [-0.2, -0.15) is 0 Å². The molecule has 0 bridgehead atoms. The van der Waals surface area contributed by atoms with Crippen LogP contribution in [0.1, 0.15) is 49.2 Å². The quantitative estimate of drug-likeness (QED) is 0.269. The average molecular weight is 369 g/mol. The number of carbonyl (C=O) groups is 2. The molecule has 0 radical (unpaired) electrons. The van der Waals surface area contributed by atoms with Crippen molar-refractivity contribution in [1.82, 2.24) is 10.7 Å². The van der Waals surface area contributed by atoms with Crippen LogP contribution in [0.15, 0.2) is 18.2 Å². The summed E-state index contributed by atoms with van der Waals surface area (Å²) in [4.78, 5) is 23.5. The zero-order valence-corrected chi connectivity index (χ0v) is 15.4. The van der Waals surface area contributed by atoms with Gasteiger partial charge in [0.25, 0.3) is 5.91 Å². The molecular weight excluding hydrogens is 342 g/mol. The predicted molar refractivity (Wildman–Crippen MR) is 94.5 cm³/mol. The molecule has 0 saturated heterocycles. The molecule has 2 atom stereocenters. The van der Waals surface area contributed by atoms with Crippen LogP contribution in [0.2, 0.25) is 0 Å². The molecule has 6 N–H and O–H groups in total. The number of alkyl carbamates (subject to hydrolysis) is 1. The SMILES string of the molecule is COc1ccc(C(O)C(O)CCNC(=O)OC(C)(C)C)c(C(=O)NN)c1. The Balaban J connectivity index is 2.75. The molecule has 1 rings (SSSR count). The normalized spacial score (nSPS) is 13.5. The molecular formula is C17H27N3O6. The summed E-state index contributed by atoms with van der Waals surface area (Å²) in [6.45, 7) is 5.29. The van der Waals surface area contributed by atoms with Gasteiger partial charge in [0.15, 0.2) is 0 Å². The molecule has 1 aromatic carbocycles. The Labute approximate surface area is 152 Å². The predicted octanol–water partition coefficient (Wildman–Crippen LogP) is 0.608. The van der Waals surface area contributed by atoms with Gasteiger partial charge in [0.2, 0.25) is 0 Å². The molecule has 9 heteroatoms. The number of nitrogens with two attached hydrogens (primary N) is 1. The minimum absolute atomic E-state index is 0.0517. The molecule has 2 unspecified atom stereocenters. The monoisotopic (exact) mass is 369 g/mol. The maximum absolute atomic E-state index is 11.9. The zero-order valence-electron chi connectivity index (χ0n) is 15.4. The van der Waals surface area contributed by atoms with E-state index in [1.54, 1.807) is 26.8 Å². The maximum atomic E-state index is 11.9. The molecule has 26 heavy (non-hydrogen) atoms. The van der Waals surface area contributed by atoms with E-state index >= 15 is 0 Å². The Hall–Kier alpha value is -2.36. The number of benzene rings is 1. The van der Waals surface area contributed by atoms with E-state index in [0.717, 1.165) is 0 Å². The van der Waals surface area contributed by atoms with Crippen LogP contribution in [0.4, 0.5) is 4.79 Å². The lowest BCUT2D eigenvalue weighted by molar-refractivity contribution is 0.0118. The van der Waals surface area contributed by atoms with Gasteiger partial charge < -0.3 is 25.0 Å². The first-order valence-electron chi connectivity index (χ1n) is 8.11. The smallest absolute Gasteiger partial charge is 0.407 e. The summed E-state index contributed by atoms with van der Waals surface area (Å²) in [5.41, 5.74) is 1.63. The Kier molecular flexibility index (Phi) is 7.81. The van der Waals surface area contributed by atoms with Gasteiger partial charge >= 0.3 is 6.09 Å². The van der Waals surface area contributed by atoms with Crippen molar-refractivity contribution in [3.8, 4) is 5.75 Å². The molecule has 0 aromatic heterocycles. The van der Waals surface area contributed by atoms with Crippen LogP contribution in [0, 0.1) is 0 Å². The van der Waals surface area contributed by atoms with Crippen LogP contribution in [0.5, 0.6) is 5.75 Å². The summed E-state index contributed by atoms with van der Waals surface area (Å²) in [7, 11) is 1.44. The van der Waals surface area contributed by atoms with Crippen molar-refractivity contribution in [3.63, 3.8) is 0 Å². The Morgan fingerprint density at radius 3 is 2.46 bits per heavy atom. The number of hydrazine groups is 1. The summed E-state index contributed by atoms with van der Waals surface area (Å²) in [6.07, 6.45) is -3.14. The summed E-state index contributed by atoms with van der Waals surface area (Å²) < 4.78 is 10.1. The van der Waals surface area contributed by atoms with Crippen LogP contribution >= 0.6 is 0 Å². The third-order valence-corrected chi connectivity index (χ3v) is 3.43. The van der Waals surface area contributed by atoms with Gasteiger partial charge in [0, 0.05) is 6.54 Å². The fourth-order valence-electron chi connectivity index (χ4n) is 2.20. The fourth-order valence-corrected chi connectivity index (χ4v) is 2.20. The van der Waals surface area contributed by atoms with Crippen LogP contribution in [0.25, 0.3) is 0 Å². The fraction of sp³-hybridized carbons (Fsp3) is 0.529. The van der Waals surface area contributed by atoms with Gasteiger partial charge in [-0.05, 0) is 44.9 Å². The third kappa shape index (κ3) is 6.51. The lowest BCUT2D eigenvalue weighted by Gasteiger charge is -2.22. The van der Waals surface area contributed by atoms with Crippen LogP contribution < -0.4 is 21.3 Å². The van der Waals surface area contributed by atoms with Crippen LogP contribution in [-0.2, 0) is 4.74 Å². The first-order chi connectivity index (χ1) is 12.1. The Morgan fingerprint density at radius 1 is 1.27 bits per heavy atom. The number of nitrogens with one attached hydrogen (secondary N) is 2. The molecule has 0 saturated carbocycles. The molecule has 2 amide bonds. The number of aliphatic hydroxyl groups is 2. The van der Waals surface area contributed by atoms with Crippen LogP contribution in [0.3, 0.4) is 0 Å². The number of amides is 2. The lowest BCUT2D eigenvalue weighted by Crippen LogP contribution is -2.35. The van der Waals surface area contributed by atoms with E-state index in [1.807, 2.05) is 5.43 Å². The molecule has 1 aromatic rings. The number of aliphatic hydroxyl groups excluding tert-OH is 2. The van der Waals surface area contributed by atoms with Gasteiger partial charge in [-0.25, -0.2) is 10.6 Å². The largest absolute Gasteiger partial charge is 0.497 e. The molecule has 0 aliphatic rings. The maximum Gasteiger partial charge on any atom is 0.407 e. The number of ether oxygens (including phenoxy) is 2. The van der Waals surface area contributed by atoms with Crippen molar-refractivity contribution < 1.29 is 29.3 Å². The molecule has 0 aliphatic carbocycles. The van der Waals surface area contributed by atoms with Gasteiger partial charge in [0.05, 0.1) is 18.8 Å². The summed E-state index contributed by atoms with van der Waals surface area (Å²) in [5, 5.41) is 23.1. The van der Waals surface area contributed by atoms with Crippen molar-refractivity contribution in [2.24, 2.45) is 5.84 Å². The van der Waals surface area contributed by atoms with Crippen molar-refractivity contribution in [3.05, 3.63) is 29.3 Å². The molecule has 146 valence electrons. The van der Waals surface area contributed by atoms with E-state index in [0.29, 0.717) is 5.75 Å². The number of methoxy groups -OCH3 is 1.